The molecule has 0 bridgehead atoms. The second-order valence-corrected chi connectivity index (χ2v) is 4.12. The number of hydrogen-bond acceptors (Lipinski definition) is 4. The topological polar surface area (TPSA) is 57.4 Å². The van der Waals surface area contributed by atoms with E-state index in [0.717, 1.165) is 22.6 Å². The predicted octanol–water partition coefficient (Wildman–Crippen LogP) is 3.04. The van der Waals surface area contributed by atoms with Gasteiger partial charge in [0.1, 0.15) is 11.5 Å². The van der Waals surface area contributed by atoms with E-state index in [4.69, 9.17) is 15.2 Å². The lowest BCUT2D eigenvalue weighted by molar-refractivity contribution is 0.339. The van der Waals surface area contributed by atoms with Crippen molar-refractivity contribution in [2.75, 3.05) is 6.61 Å². The van der Waals surface area contributed by atoms with E-state index in [0.29, 0.717) is 19.0 Å². The van der Waals surface area contributed by atoms with Crippen molar-refractivity contribution in [1.29, 1.82) is 0 Å². The molecule has 1 aromatic carbocycles. The molecule has 0 fully saturated rings. The maximum Gasteiger partial charge on any atom is 0.223 e. The van der Waals surface area contributed by atoms with E-state index in [-0.39, 0.29) is 0 Å². The van der Waals surface area contributed by atoms with Crippen LogP contribution in [0.1, 0.15) is 18.1 Å². The third-order valence-electron chi connectivity index (χ3n) is 2.80. The Morgan fingerprint density at radius 2 is 1.79 bits per heavy atom. The zero-order chi connectivity index (χ0) is 13.7. The van der Waals surface area contributed by atoms with Crippen LogP contribution in [-0.4, -0.2) is 11.6 Å². The van der Waals surface area contributed by atoms with Gasteiger partial charge in [0.25, 0.3) is 0 Å². The molecular formula is C15H18N2O2. The van der Waals surface area contributed by atoms with Gasteiger partial charge in [-0.25, -0.2) is 4.98 Å². The molecule has 2 N–H and O–H groups in total. The molecule has 0 atom stereocenters. The van der Waals surface area contributed by atoms with Crippen molar-refractivity contribution in [3.8, 4) is 17.4 Å². The average Bonchev–Trinajstić information content (AvgIpc) is 2.42. The van der Waals surface area contributed by atoms with Crippen molar-refractivity contribution in [2.24, 2.45) is 5.73 Å². The average molecular weight is 258 g/mol. The van der Waals surface area contributed by atoms with Crippen LogP contribution in [0.4, 0.5) is 0 Å². The minimum Gasteiger partial charge on any atom is -0.494 e. The zero-order valence-corrected chi connectivity index (χ0v) is 11.2. The standard InChI is InChI=1S/C15H18N2O2/c1-3-18-12-4-6-13(7-5-12)19-15-14(10-16)11(2)8-9-17-15/h4-9H,3,10,16H2,1-2H3. The molecule has 0 spiro atoms. The Kier molecular flexibility index (Phi) is 4.36. The number of nitrogens with zero attached hydrogens (tertiary/aromatic N) is 1. The van der Waals surface area contributed by atoms with Gasteiger partial charge in [-0.3, -0.25) is 0 Å². The van der Waals surface area contributed by atoms with Gasteiger partial charge >= 0.3 is 0 Å². The molecule has 0 aliphatic rings. The first-order chi connectivity index (χ1) is 9.24. The van der Waals surface area contributed by atoms with E-state index in [9.17, 15) is 0 Å². The van der Waals surface area contributed by atoms with E-state index >= 15 is 0 Å². The maximum absolute atomic E-state index is 5.77. The highest BCUT2D eigenvalue weighted by atomic mass is 16.5. The van der Waals surface area contributed by atoms with Crippen LogP contribution in [0.15, 0.2) is 36.5 Å². The number of aryl methyl sites for hydroxylation is 1. The molecule has 0 radical (unpaired) electrons. The first-order valence-corrected chi connectivity index (χ1v) is 6.30. The highest BCUT2D eigenvalue weighted by Gasteiger charge is 2.08. The molecule has 1 heterocycles. The van der Waals surface area contributed by atoms with Crippen molar-refractivity contribution >= 4 is 0 Å². The van der Waals surface area contributed by atoms with Gasteiger partial charge in [0.05, 0.1) is 6.61 Å². The Bertz CT molecular complexity index is 538. The lowest BCUT2D eigenvalue weighted by atomic mass is 10.1. The summed E-state index contributed by atoms with van der Waals surface area (Å²) in [7, 11) is 0. The molecule has 19 heavy (non-hydrogen) atoms. The van der Waals surface area contributed by atoms with Crippen molar-refractivity contribution in [1.82, 2.24) is 4.98 Å². The molecule has 100 valence electrons. The van der Waals surface area contributed by atoms with E-state index in [2.05, 4.69) is 4.98 Å². The fourth-order valence-corrected chi connectivity index (χ4v) is 1.78. The lowest BCUT2D eigenvalue weighted by Gasteiger charge is -2.11. The smallest absolute Gasteiger partial charge is 0.223 e. The monoisotopic (exact) mass is 258 g/mol. The fraction of sp³-hybridized carbons (Fsp3) is 0.267. The summed E-state index contributed by atoms with van der Waals surface area (Å²) in [6.45, 7) is 5.01. The third-order valence-corrected chi connectivity index (χ3v) is 2.80. The number of aromatic nitrogens is 1. The molecular weight excluding hydrogens is 240 g/mol. The van der Waals surface area contributed by atoms with Crippen molar-refractivity contribution in [3.63, 3.8) is 0 Å². The number of ether oxygens (including phenoxy) is 2. The molecule has 0 saturated carbocycles. The molecule has 2 aromatic rings. The summed E-state index contributed by atoms with van der Waals surface area (Å²) in [6, 6.07) is 9.38. The molecule has 2 rings (SSSR count). The quantitative estimate of drug-likeness (QED) is 0.895. The lowest BCUT2D eigenvalue weighted by Crippen LogP contribution is -2.03. The summed E-state index contributed by atoms with van der Waals surface area (Å²) in [5, 5.41) is 0. The first kappa shape index (κ1) is 13.4. The molecule has 4 nitrogen and oxygen atoms in total. The van der Waals surface area contributed by atoms with E-state index in [1.807, 2.05) is 44.2 Å². The normalized spacial score (nSPS) is 10.3. The molecule has 4 heteroatoms. The van der Waals surface area contributed by atoms with Crippen LogP contribution in [-0.2, 0) is 6.54 Å². The van der Waals surface area contributed by atoms with Crippen LogP contribution in [0.25, 0.3) is 0 Å². The zero-order valence-electron chi connectivity index (χ0n) is 11.2. The summed E-state index contributed by atoms with van der Waals surface area (Å²) in [5.74, 6) is 2.11. The third kappa shape index (κ3) is 3.23. The molecule has 0 unspecified atom stereocenters. The van der Waals surface area contributed by atoms with E-state index in [1.165, 1.54) is 0 Å². The Labute approximate surface area is 113 Å². The van der Waals surface area contributed by atoms with Crippen LogP contribution in [0.3, 0.4) is 0 Å². The Morgan fingerprint density at radius 1 is 1.11 bits per heavy atom. The predicted molar refractivity (Wildman–Crippen MR) is 74.6 cm³/mol. The van der Waals surface area contributed by atoms with Crippen LogP contribution in [0.2, 0.25) is 0 Å². The minimum absolute atomic E-state index is 0.409. The van der Waals surface area contributed by atoms with Gasteiger partial charge in [0.15, 0.2) is 0 Å². The van der Waals surface area contributed by atoms with Gasteiger partial charge in [-0.1, -0.05) is 0 Å². The minimum atomic E-state index is 0.409. The number of rotatable bonds is 5. The largest absolute Gasteiger partial charge is 0.494 e. The van der Waals surface area contributed by atoms with E-state index in [1.54, 1.807) is 6.20 Å². The number of pyridine rings is 1. The fourth-order valence-electron chi connectivity index (χ4n) is 1.78. The van der Waals surface area contributed by atoms with Crippen molar-refractivity contribution < 1.29 is 9.47 Å². The molecule has 0 aliphatic heterocycles. The highest BCUT2D eigenvalue weighted by molar-refractivity contribution is 5.38. The van der Waals surface area contributed by atoms with Crippen LogP contribution in [0.5, 0.6) is 17.4 Å². The first-order valence-electron chi connectivity index (χ1n) is 6.30. The van der Waals surface area contributed by atoms with Gasteiger partial charge in [-0.2, -0.15) is 0 Å². The van der Waals surface area contributed by atoms with Gasteiger partial charge in [-0.05, 0) is 49.7 Å². The molecule has 1 aromatic heterocycles. The Balaban J connectivity index is 2.19. The van der Waals surface area contributed by atoms with Crippen LogP contribution in [0, 0.1) is 6.92 Å². The van der Waals surface area contributed by atoms with Crippen LogP contribution >= 0.6 is 0 Å². The summed E-state index contributed by atoms with van der Waals surface area (Å²) in [6.07, 6.45) is 1.72. The molecule has 0 amide bonds. The number of benzene rings is 1. The Hall–Kier alpha value is -2.07. The summed E-state index contributed by atoms with van der Waals surface area (Å²) in [4.78, 5) is 4.23. The summed E-state index contributed by atoms with van der Waals surface area (Å²) in [5.41, 5.74) is 7.74. The molecule has 0 saturated heterocycles. The van der Waals surface area contributed by atoms with Gasteiger partial charge in [0.2, 0.25) is 5.88 Å². The highest BCUT2D eigenvalue weighted by Crippen LogP contribution is 2.26. The van der Waals surface area contributed by atoms with Gasteiger partial charge < -0.3 is 15.2 Å². The second kappa shape index (κ2) is 6.20. The number of nitrogens with two attached hydrogens (primary N) is 1. The Morgan fingerprint density at radius 3 is 2.42 bits per heavy atom. The van der Waals surface area contributed by atoms with Crippen molar-refractivity contribution in [3.05, 3.63) is 47.7 Å². The number of hydrogen-bond donors (Lipinski definition) is 1. The van der Waals surface area contributed by atoms with E-state index < -0.39 is 0 Å². The van der Waals surface area contributed by atoms with Gasteiger partial charge in [0, 0.05) is 18.3 Å². The summed E-state index contributed by atoms with van der Waals surface area (Å²) < 4.78 is 11.2. The van der Waals surface area contributed by atoms with Crippen LogP contribution < -0.4 is 15.2 Å². The van der Waals surface area contributed by atoms with Crippen molar-refractivity contribution in [2.45, 2.75) is 20.4 Å². The molecule has 0 aliphatic carbocycles. The van der Waals surface area contributed by atoms with Gasteiger partial charge in [-0.15, -0.1) is 0 Å². The SMILES string of the molecule is CCOc1ccc(Oc2nccc(C)c2CN)cc1. The second-order valence-electron chi connectivity index (χ2n) is 4.12. The summed E-state index contributed by atoms with van der Waals surface area (Å²) >= 11 is 0. The maximum atomic E-state index is 5.77.